The quantitative estimate of drug-likeness (QED) is 0.721. The van der Waals surface area contributed by atoms with Gasteiger partial charge in [0.25, 0.3) is 6.04 Å². The second-order valence-corrected chi connectivity index (χ2v) is 3.51. The van der Waals surface area contributed by atoms with E-state index in [1.165, 1.54) is 13.0 Å². The van der Waals surface area contributed by atoms with Crippen LogP contribution in [0.4, 0.5) is 10.1 Å². The number of benzene rings is 1. The first-order chi connectivity index (χ1) is 7.51. The minimum atomic E-state index is -1.28. The molecular weight excluding hydrogens is 231 g/mol. The molecule has 1 aromatic carbocycles. The fourth-order valence-corrected chi connectivity index (χ4v) is 1.49. The van der Waals surface area contributed by atoms with E-state index in [-0.39, 0.29) is 16.3 Å². The number of rotatable bonds is 2. The Balaban J connectivity index is 3.50. The first kappa shape index (κ1) is 12.2. The summed E-state index contributed by atoms with van der Waals surface area (Å²) in [6.45, 7) is 14.9. The van der Waals surface area contributed by atoms with E-state index in [9.17, 15) is 9.18 Å². The summed E-state index contributed by atoms with van der Waals surface area (Å²) in [6, 6.07) is 0.960. The number of halogens is 2. The summed E-state index contributed by atoms with van der Waals surface area (Å²) in [7, 11) is 0. The Morgan fingerprint density at radius 1 is 1.50 bits per heavy atom. The molecule has 0 saturated carbocycles. The van der Waals surface area contributed by atoms with Crippen molar-refractivity contribution in [3.8, 4) is 0 Å². The van der Waals surface area contributed by atoms with Crippen LogP contribution in [0.1, 0.15) is 18.5 Å². The van der Waals surface area contributed by atoms with Crippen LogP contribution in [0.2, 0.25) is 5.02 Å². The van der Waals surface area contributed by atoms with Crippen molar-refractivity contribution in [2.45, 2.75) is 13.0 Å². The van der Waals surface area contributed by atoms with Crippen LogP contribution in [0.5, 0.6) is 0 Å². The van der Waals surface area contributed by atoms with Gasteiger partial charge in [-0.1, -0.05) is 11.6 Å². The van der Waals surface area contributed by atoms with Crippen molar-refractivity contribution < 1.29 is 9.18 Å². The van der Waals surface area contributed by atoms with E-state index in [2.05, 4.69) is 9.69 Å². The molecule has 0 aliphatic rings. The van der Waals surface area contributed by atoms with Crippen molar-refractivity contribution in [3.05, 3.63) is 51.4 Å². The summed E-state index contributed by atoms with van der Waals surface area (Å²) >= 11 is 5.58. The molecule has 0 aliphatic carbocycles. The first-order valence-corrected chi connectivity index (χ1v) is 4.62. The topological polar surface area (TPSA) is 25.8 Å². The largest absolute Gasteiger partial charge is 0.301 e. The minimum Gasteiger partial charge on any atom is -0.301 e. The monoisotopic (exact) mass is 236 g/mol. The van der Waals surface area contributed by atoms with Gasteiger partial charge in [-0.25, -0.2) is 15.8 Å². The number of carbonyl (C=O) groups is 1. The van der Waals surface area contributed by atoms with Gasteiger partial charge in [0.1, 0.15) is 5.82 Å². The molecule has 16 heavy (non-hydrogen) atoms. The van der Waals surface area contributed by atoms with Crippen LogP contribution in [0, 0.1) is 19.0 Å². The van der Waals surface area contributed by atoms with E-state index in [0.717, 1.165) is 6.07 Å². The Bertz CT molecular complexity index is 528. The van der Waals surface area contributed by atoms with E-state index >= 15 is 0 Å². The number of ketones is 1. The van der Waals surface area contributed by atoms with Crippen molar-refractivity contribution in [2.75, 3.05) is 0 Å². The zero-order chi connectivity index (χ0) is 12.3. The van der Waals surface area contributed by atoms with Crippen LogP contribution in [-0.2, 0) is 4.79 Å². The Labute approximate surface area is 97.1 Å². The summed E-state index contributed by atoms with van der Waals surface area (Å²) in [4.78, 5) is 17.3. The van der Waals surface area contributed by atoms with Crippen molar-refractivity contribution in [1.82, 2.24) is 0 Å². The predicted octanol–water partition coefficient (Wildman–Crippen LogP) is 3.58. The number of Topliss-reactive ketones (excluding diaryl/α,β-unsaturated/α-hetero) is 1. The number of nitrogens with zero attached hydrogens (tertiary/aromatic N) is 2. The van der Waals surface area contributed by atoms with Gasteiger partial charge in [-0.05, 0) is 12.1 Å². The standard InChI is InChI=1S/C11H6ClFN2O/c1-6(16)11(15-3)10-8(13)4-7(12)5-9(10)14-2/h4-5,11H,1H3. The lowest BCUT2D eigenvalue weighted by Gasteiger charge is -2.06. The zero-order valence-corrected chi connectivity index (χ0v) is 9.05. The molecule has 0 N–H and O–H groups in total. The summed E-state index contributed by atoms with van der Waals surface area (Å²) < 4.78 is 13.6. The van der Waals surface area contributed by atoms with Gasteiger partial charge in [0.15, 0.2) is 0 Å². The average molecular weight is 237 g/mol. The number of hydrogen-bond donors (Lipinski definition) is 0. The molecule has 1 unspecified atom stereocenters. The van der Waals surface area contributed by atoms with E-state index < -0.39 is 17.6 Å². The second kappa shape index (κ2) is 4.74. The Hall–Kier alpha value is -1.91. The van der Waals surface area contributed by atoms with Gasteiger partial charge >= 0.3 is 0 Å². The SMILES string of the molecule is [C-]#[N+]c1cc(Cl)cc(F)c1C([N+]#[C-])C(C)=O. The van der Waals surface area contributed by atoms with Crippen molar-refractivity contribution in [2.24, 2.45) is 0 Å². The van der Waals surface area contributed by atoms with Crippen molar-refractivity contribution >= 4 is 23.1 Å². The van der Waals surface area contributed by atoms with E-state index in [0.29, 0.717) is 0 Å². The normalized spacial score (nSPS) is 11.3. The maximum absolute atomic E-state index is 13.6. The average Bonchev–Trinajstić information content (AvgIpc) is 2.21. The third kappa shape index (κ3) is 2.18. The van der Waals surface area contributed by atoms with E-state index in [1.54, 1.807) is 0 Å². The van der Waals surface area contributed by atoms with Crippen LogP contribution in [-0.4, -0.2) is 5.78 Å². The molecule has 0 saturated heterocycles. The Morgan fingerprint density at radius 2 is 2.12 bits per heavy atom. The van der Waals surface area contributed by atoms with Crippen LogP contribution in [0.15, 0.2) is 12.1 Å². The smallest absolute Gasteiger partial charge is 0.299 e. The Morgan fingerprint density at radius 3 is 2.56 bits per heavy atom. The second-order valence-electron chi connectivity index (χ2n) is 3.07. The third-order valence-electron chi connectivity index (χ3n) is 1.98. The number of hydrogen-bond acceptors (Lipinski definition) is 1. The molecule has 5 heteroatoms. The molecule has 0 radical (unpaired) electrons. The van der Waals surface area contributed by atoms with Crippen molar-refractivity contribution in [3.63, 3.8) is 0 Å². The lowest BCUT2D eigenvalue weighted by Crippen LogP contribution is -2.06. The maximum Gasteiger partial charge on any atom is 0.299 e. The van der Waals surface area contributed by atoms with Gasteiger partial charge in [-0.2, -0.15) is 0 Å². The molecule has 3 nitrogen and oxygen atoms in total. The summed E-state index contributed by atoms with van der Waals surface area (Å²) in [5.41, 5.74) is -0.289. The van der Waals surface area contributed by atoms with E-state index in [4.69, 9.17) is 24.7 Å². The van der Waals surface area contributed by atoms with Crippen LogP contribution >= 0.6 is 11.6 Å². The van der Waals surface area contributed by atoms with Gasteiger partial charge in [0, 0.05) is 11.9 Å². The highest BCUT2D eigenvalue weighted by atomic mass is 35.5. The molecule has 1 atom stereocenters. The number of carbonyl (C=O) groups excluding carboxylic acids is 1. The molecule has 0 heterocycles. The molecular formula is C11H6ClFN2O. The highest BCUT2D eigenvalue weighted by Crippen LogP contribution is 2.34. The molecule has 0 aromatic heterocycles. The molecule has 80 valence electrons. The van der Waals surface area contributed by atoms with Crippen LogP contribution < -0.4 is 0 Å². The highest BCUT2D eigenvalue weighted by Gasteiger charge is 2.29. The fraction of sp³-hybridized carbons (Fsp3) is 0.182. The predicted molar refractivity (Wildman–Crippen MR) is 57.7 cm³/mol. The van der Waals surface area contributed by atoms with Crippen LogP contribution in [0.25, 0.3) is 9.69 Å². The molecule has 0 spiro atoms. The molecule has 0 amide bonds. The fourth-order valence-electron chi connectivity index (χ4n) is 1.29. The molecule has 1 aromatic rings. The lowest BCUT2D eigenvalue weighted by atomic mass is 10.0. The first-order valence-electron chi connectivity index (χ1n) is 4.24. The maximum atomic E-state index is 13.6. The highest BCUT2D eigenvalue weighted by molar-refractivity contribution is 6.31. The minimum absolute atomic E-state index is 0.0690. The summed E-state index contributed by atoms with van der Waals surface area (Å²) in [5, 5.41) is 0.0690. The van der Waals surface area contributed by atoms with Gasteiger partial charge < -0.3 is 4.85 Å². The Kier molecular flexibility index (Phi) is 3.60. The van der Waals surface area contributed by atoms with Crippen LogP contribution in [0.3, 0.4) is 0 Å². The lowest BCUT2D eigenvalue weighted by molar-refractivity contribution is -0.117. The van der Waals surface area contributed by atoms with Gasteiger partial charge in [-0.3, -0.25) is 4.79 Å². The molecule has 1 rings (SSSR count). The zero-order valence-electron chi connectivity index (χ0n) is 8.29. The molecule has 0 bridgehead atoms. The van der Waals surface area contributed by atoms with Gasteiger partial charge in [0.2, 0.25) is 11.5 Å². The van der Waals surface area contributed by atoms with Gasteiger partial charge in [0.05, 0.1) is 12.1 Å². The molecule has 0 fully saturated rings. The third-order valence-corrected chi connectivity index (χ3v) is 2.20. The summed E-state index contributed by atoms with van der Waals surface area (Å²) in [5.74, 6) is -1.30. The van der Waals surface area contributed by atoms with Gasteiger partial charge in [-0.15, -0.1) is 0 Å². The summed E-state index contributed by atoms with van der Waals surface area (Å²) in [6.07, 6.45) is 0. The van der Waals surface area contributed by atoms with E-state index in [1.807, 2.05) is 0 Å². The molecule has 0 aliphatic heterocycles. The van der Waals surface area contributed by atoms with Crippen molar-refractivity contribution in [1.29, 1.82) is 0 Å².